The zero-order valence-corrected chi connectivity index (χ0v) is 9.03. The van der Waals surface area contributed by atoms with Gasteiger partial charge in [0.1, 0.15) is 18.0 Å². The molecule has 0 heterocycles. The van der Waals surface area contributed by atoms with Gasteiger partial charge in [0, 0.05) is 13.1 Å². The maximum Gasteiger partial charge on any atom is 0.241 e. The third-order valence-corrected chi connectivity index (χ3v) is 2.11. The van der Waals surface area contributed by atoms with Gasteiger partial charge >= 0.3 is 0 Å². The Balaban J connectivity index is 3.06. The molecule has 84 valence electrons. The van der Waals surface area contributed by atoms with E-state index in [0.29, 0.717) is 11.4 Å². The van der Waals surface area contributed by atoms with Crippen LogP contribution in [0.5, 0.6) is 5.75 Å². The molecule has 0 unspecified atom stereocenters. The van der Waals surface area contributed by atoms with Gasteiger partial charge in [-0.1, -0.05) is 0 Å². The maximum atomic E-state index is 13.0. The summed E-state index contributed by atoms with van der Waals surface area (Å²) in [6.07, 6.45) is -0.254. The van der Waals surface area contributed by atoms with Gasteiger partial charge in [-0.3, -0.25) is 4.79 Å². The molecule has 0 N–H and O–H groups in total. The second kappa shape index (κ2) is 5.12. The van der Waals surface area contributed by atoms with E-state index in [1.54, 1.807) is 6.07 Å². The number of nitriles is 1. The van der Waals surface area contributed by atoms with Gasteiger partial charge in [-0.15, -0.1) is 0 Å². The second-order valence-corrected chi connectivity index (χ2v) is 3.10. The summed E-state index contributed by atoms with van der Waals surface area (Å²) in [5.41, 5.74) is 0.308. The predicted octanol–water partition coefficient (Wildman–Crippen LogP) is 1.71. The Morgan fingerprint density at radius 2 is 2.31 bits per heavy atom. The highest BCUT2D eigenvalue weighted by Gasteiger charge is 2.15. The maximum absolute atomic E-state index is 13.0. The van der Waals surface area contributed by atoms with Crippen LogP contribution in [0.15, 0.2) is 18.2 Å². The van der Waals surface area contributed by atoms with Crippen LogP contribution >= 0.6 is 0 Å². The van der Waals surface area contributed by atoms with Crippen LogP contribution in [0.2, 0.25) is 0 Å². The first-order valence-electron chi connectivity index (χ1n) is 4.57. The Hall–Kier alpha value is -2.09. The van der Waals surface area contributed by atoms with Crippen LogP contribution in [-0.2, 0) is 4.79 Å². The van der Waals surface area contributed by atoms with Crippen LogP contribution in [0.3, 0.4) is 0 Å². The third-order valence-electron chi connectivity index (χ3n) is 2.11. The van der Waals surface area contributed by atoms with Crippen molar-refractivity contribution in [3.8, 4) is 11.8 Å². The number of benzene rings is 1. The highest BCUT2D eigenvalue weighted by molar-refractivity contribution is 5.95. The first-order valence-corrected chi connectivity index (χ1v) is 4.57. The zero-order valence-electron chi connectivity index (χ0n) is 9.03. The molecule has 1 rings (SSSR count). The average molecular weight is 222 g/mol. The Labute approximate surface area is 92.8 Å². The van der Waals surface area contributed by atoms with Crippen LogP contribution < -0.4 is 9.64 Å². The standard InChI is InChI=1S/C11H11FN2O2/c1-14(11(15)5-6-13)9-7-8(12)3-4-10(9)16-2/h3-4,7H,5H2,1-2H3. The number of hydrogen-bond acceptors (Lipinski definition) is 3. The molecule has 0 fully saturated rings. The van der Waals surface area contributed by atoms with Gasteiger partial charge in [0.05, 0.1) is 18.9 Å². The number of amides is 1. The quantitative estimate of drug-likeness (QED) is 0.782. The Kier molecular flexibility index (Phi) is 3.84. The number of methoxy groups -OCH3 is 1. The topological polar surface area (TPSA) is 53.3 Å². The van der Waals surface area contributed by atoms with E-state index in [1.807, 2.05) is 0 Å². The number of carbonyl (C=O) groups is 1. The normalized spacial score (nSPS) is 9.38. The molecular formula is C11H11FN2O2. The molecule has 0 saturated carbocycles. The zero-order chi connectivity index (χ0) is 12.1. The van der Waals surface area contributed by atoms with E-state index in [9.17, 15) is 9.18 Å². The van der Waals surface area contributed by atoms with E-state index in [-0.39, 0.29) is 6.42 Å². The summed E-state index contributed by atoms with van der Waals surface area (Å²) >= 11 is 0. The van der Waals surface area contributed by atoms with Crippen molar-refractivity contribution in [1.29, 1.82) is 5.26 Å². The van der Waals surface area contributed by atoms with Gasteiger partial charge in [0.15, 0.2) is 0 Å². The molecule has 0 bridgehead atoms. The van der Waals surface area contributed by atoms with Crippen molar-refractivity contribution in [3.05, 3.63) is 24.0 Å². The smallest absolute Gasteiger partial charge is 0.241 e. The first-order chi connectivity index (χ1) is 7.60. The van der Waals surface area contributed by atoms with Gasteiger partial charge in [0.25, 0.3) is 0 Å². The number of anilines is 1. The number of halogens is 1. The average Bonchev–Trinajstić information content (AvgIpc) is 2.28. The summed E-state index contributed by atoms with van der Waals surface area (Å²) in [7, 11) is 2.90. The number of nitrogens with zero attached hydrogens (tertiary/aromatic N) is 2. The molecular weight excluding hydrogens is 211 g/mol. The SMILES string of the molecule is COc1ccc(F)cc1N(C)C(=O)CC#N. The largest absolute Gasteiger partial charge is 0.495 e. The molecule has 0 aromatic heterocycles. The van der Waals surface area contributed by atoms with Crippen LogP contribution in [0, 0.1) is 17.1 Å². The summed E-state index contributed by atoms with van der Waals surface area (Å²) in [4.78, 5) is 12.6. The fraction of sp³-hybridized carbons (Fsp3) is 0.273. The lowest BCUT2D eigenvalue weighted by molar-refractivity contribution is -0.117. The van der Waals surface area contributed by atoms with Crippen LogP contribution in [0.4, 0.5) is 10.1 Å². The number of rotatable bonds is 3. The van der Waals surface area contributed by atoms with Crippen molar-refractivity contribution >= 4 is 11.6 Å². The van der Waals surface area contributed by atoms with Crippen LogP contribution in [0.25, 0.3) is 0 Å². The van der Waals surface area contributed by atoms with Crippen molar-refractivity contribution in [2.75, 3.05) is 19.1 Å². The first kappa shape index (κ1) is 12.0. The molecule has 1 aromatic rings. The van der Waals surface area contributed by atoms with Gasteiger partial charge in [-0.2, -0.15) is 5.26 Å². The van der Waals surface area contributed by atoms with E-state index >= 15 is 0 Å². The summed E-state index contributed by atoms with van der Waals surface area (Å²) < 4.78 is 18.0. The number of ether oxygens (including phenoxy) is 1. The molecule has 0 spiro atoms. The van der Waals surface area contributed by atoms with Gasteiger partial charge < -0.3 is 9.64 Å². The molecule has 16 heavy (non-hydrogen) atoms. The molecule has 1 amide bonds. The van der Waals surface area contributed by atoms with E-state index in [0.717, 1.165) is 0 Å². The minimum absolute atomic E-state index is 0.254. The molecule has 0 aliphatic carbocycles. The minimum Gasteiger partial charge on any atom is -0.495 e. The fourth-order valence-corrected chi connectivity index (χ4v) is 1.25. The molecule has 0 radical (unpaired) electrons. The molecule has 0 aliphatic heterocycles. The van der Waals surface area contributed by atoms with E-state index in [2.05, 4.69) is 0 Å². The number of carbonyl (C=O) groups excluding carboxylic acids is 1. The van der Waals surface area contributed by atoms with Crippen molar-refractivity contribution in [2.24, 2.45) is 0 Å². The molecule has 1 aromatic carbocycles. The minimum atomic E-state index is -0.465. The van der Waals surface area contributed by atoms with Crippen molar-refractivity contribution < 1.29 is 13.9 Å². The molecule has 4 nitrogen and oxygen atoms in total. The fourth-order valence-electron chi connectivity index (χ4n) is 1.25. The lowest BCUT2D eigenvalue weighted by atomic mass is 10.2. The summed E-state index contributed by atoms with van der Waals surface area (Å²) in [5.74, 6) is -0.492. The van der Waals surface area contributed by atoms with E-state index in [1.165, 1.54) is 37.3 Å². The highest BCUT2D eigenvalue weighted by atomic mass is 19.1. The monoisotopic (exact) mass is 222 g/mol. The third kappa shape index (κ3) is 2.48. The predicted molar refractivity (Wildman–Crippen MR) is 56.6 cm³/mol. The van der Waals surface area contributed by atoms with Gasteiger partial charge in [-0.05, 0) is 12.1 Å². The summed E-state index contributed by atoms with van der Waals surface area (Å²) in [6, 6.07) is 5.61. The Bertz CT molecular complexity index is 440. The molecule has 0 atom stereocenters. The van der Waals surface area contributed by atoms with E-state index < -0.39 is 11.7 Å². The van der Waals surface area contributed by atoms with Crippen LogP contribution in [-0.4, -0.2) is 20.1 Å². The Morgan fingerprint density at radius 1 is 1.62 bits per heavy atom. The molecule has 0 saturated heterocycles. The lowest BCUT2D eigenvalue weighted by Crippen LogP contribution is -2.26. The highest BCUT2D eigenvalue weighted by Crippen LogP contribution is 2.28. The van der Waals surface area contributed by atoms with E-state index in [4.69, 9.17) is 10.00 Å². The van der Waals surface area contributed by atoms with Crippen molar-refractivity contribution in [2.45, 2.75) is 6.42 Å². The number of hydrogen-bond donors (Lipinski definition) is 0. The Morgan fingerprint density at radius 3 is 2.88 bits per heavy atom. The second-order valence-electron chi connectivity index (χ2n) is 3.10. The summed E-state index contributed by atoms with van der Waals surface area (Å²) in [5, 5.41) is 8.41. The lowest BCUT2D eigenvalue weighted by Gasteiger charge is -2.18. The molecule has 0 aliphatic rings. The van der Waals surface area contributed by atoms with Crippen LogP contribution in [0.1, 0.15) is 6.42 Å². The van der Waals surface area contributed by atoms with Crippen molar-refractivity contribution in [1.82, 2.24) is 0 Å². The van der Waals surface area contributed by atoms with Gasteiger partial charge in [0.2, 0.25) is 5.91 Å². The molecule has 5 heteroatoms. The summed E-state index contributed by atoms with van der Waals surface area (Å²) in [6.45, 7) is 0. The van der Waals surface area contributed by atoms with Crippen molar-refractivity contribution in [3.63, 3.8) is 0 Å². The van der Waals surface area contributed by atoms with Gasteiger partial charge in [-0.25, -0.2) is 4.39 Å².